The normalized spacial score (nSPS) is 14.0. The molecule has 2 aromatic rings. The van der Waals surface area contributed by atoms with Crippen LogP contribution in [-0.2, 0) is 25.9 Å². The molecule has 21 heavy (non-hydrogen) atoms. The highest BCUT2D eigenvalue weighted by molar-refractivity contribution is 6.30. The van der Waals surface area contributed by atoms with Crippen LogP contribution >= 0.6 is 11.6 Å². The fourth-order valence-electron chi connectivity index (χ4n) is 2.69. The summed E-state index contributed by atoms with van der Waals surface area (Å²) in [6, 6.07) is 7.78. The highest BCUT2D eigenvalue weighted by Crippen LogP contribution is 2.19. The zero-order chi connectivity index (χ0) is 14.8. The number of benzene rings is 1. The van der Waals surface area contributed by atoms with Gasteiger partial charge < -0.3 is 11.1 Å². The molecule has 3 rings (SSSR count). The van der Waals surface area contributed by atoms with Crippen molar-refractivity contribution >= 4 is 17.5 Å². The Labute approximate surface area is 128 Å². The maximum Gasteiger partial charge on any atom is 0.269 e. The van der Waals surface area contributed by atoms with E-state index in [9.17, 15) is 4.79 Å². The summed E-state index contributed by atoms with van der Waals surface area (Å²) in [4.78, 5) is 11.5. The number of carbonyl (C=O) groups excluding carboxylic acids is 1. The number of rotatable bonds is 4. The number of primary amides is 1. The van der Waals surface area contributed by atoms with Gasteiger partial charge in [0.15, 0.2) is 5.69 Å². The van der Waals surface area contributed by atoms with E-state index in [0.29, 0.717) is 12.2 Å². The molecule has 1 aliphatic rings. The number of nitrogens with one attached hydrogen (secondary N) is 1. The van der Waals surface area contributed by atoms with Crippen molar-refractivity contribution in [1.82, 2.24) is 15.1 Å². The van der Waals surface area contributed by atoms with Crippen molar-refractivity contribution in [2.75, 3.05) is 6.54 Å². The molecule has 0 aliphatic carbocycles. The van der Waals surface area contributed by atoms with Crippen LogP contribution in [0.2, 0.25) is 5.02 Å². The molecule has 0 spiro atoms. The van der Waals surface area contributed by atoms with Gasteiger partial charge in [0.1, 0.15) is 0 Å². The number of nitrogens with two attached hydrogens (primary N) is 1. The molecule has 0 bridgehead atoms. The Bertz CT molecular complexity index is 663. The van der Waals surface area contributed by atoms with Crippen LogP contribution in [0.25, 0.3) is 0 Å². The third-order valence-corrected chi connectivity index (χ3v) is 4.02. The Balaban J connectivity index is 1.82. The van der Waals surface area contributed by atoms with Crippen LogP contribution in [0.3, 0.4) is 0 Å². The number of halogens is 1. The summed E-state index contributed by atoms with van der Waals surface area (Å²) in [5.41, 5.74) is 9.08. The molecule has 1 aromatic carbocycles. The van der Waals surface area contributed by atoms with Gasteiger partial charge in [-0.25, -0.2) is 0 Å². The summed E-state index contributed by atoms with van der Waals surface area (Å²) in [7, 11) is 0. The number of hydrogen-bond donors (Lipinski definition) is 2. The van der Waals surface area contributed by atoms with E-state index >= 15 is 0 Å². The Hall–Kier alpha value is -1.85. The first kappa shape index (κ1) is 14.1. The lowest BCUT2D eigenvalue weighted by Crippen LogP contribution is -2.26. The molecule has 1 aromatic heterocycles. The van der Waals surface area contributed by atoms with Crippen LogP contribution in [0, 0.1) is 0 Å². The SMILES string of the molecule is NC(=O)c1nn(CCc2ccc(Cl)cc2)c2c1CNCC2. The number of carbonyl (C=O) groups is 1. The molecule has 0 fully saturated rings. The number of hydrogen-bond acceptors (Lipinski definition) is 3. The predicted molar refractivity (Wildman–Crippen MR) is 81.3 cm³/mol. The number of aromatic nitrogens is 2. The van der Waals surface area contributed by atoms with Gasteiger partial charge in [-0.2, -0.15) is 5.10 Å². The van der Waals surface area contributed by atoms with Crippen molar-refractivity contribution < 1.29 is 4.79 Å². The predicted octanol–water partition coefficient (Wildman–Crippen LogP) is 1.52. The van der Waals surface area contributed by atoms with Gasteiger partial charge in [-0.1, -0.05) is 23.7 Å². The maximum atomic E-state index is 11.5. The van der Waals surface area contributed by atoms with Crippen LogP contribution in [0.15, 0.2) is 24.3 Å². The molecule has 0 saturated carbocycles. The van der Waals surface area contributed by atoms with E-state index in [4.69, 9.17) is 17.3 Å². The van der Waals surface area contributed by atoms with E-state index in [1.807, 2.05) is 28.9 Å². The van der Waals surface area contributed by atoms with E-state index in [0.717, 1.165) is 42.2 Å². The first-order chi connectivity index (χ1) is 10.1. The molecule has 1 aliphatic heterocycles. The standard InChI is InChI=1S/C15H17ClN4O/c16-11-3-1-10(2-4-11)6-8-20-13-5-7-18-9-12(13)14(19-20)15(17)21/h1-4,18H,5-9H2,(H2,17,21). The molecule has 0 radical (unpaired) electrons. The monoisotopic (exact) mass is 304 g/mol. The van der Waals surface area contributed by atoms with Crippen LogP contribution < -0.4 is 11.1 Å². The molecule has 1 amide bonds. The third-order valence-electron chi connectivity index (χ3n) is 3.77. The average molecular weight is 305 g/mol. The smallest absolute Gasteiger partial charge is 0.269 e. The van der Waals surface area contributed by atoms with Crippen LogP contribution in [0.4, 0.5) is 0 Å². The van der Waals surface area contributed by atoms with Crippen LogP contribution in [0.5, 0.6) is 0 Å². The first-order valence-electron chi connectivity index (χ1n) is 6.98. The third kappa shape index (κ3) is 2.94. The minimum Gasteiger partial charge on any atom is -0.364 e. The molecule has 0 unspecified atom stereocenters. The minimum absolute atomic E-state index is 0.397. The Morgan fingerprint density at radius 2 is 2.14 bits per heavy atom. The number of amides is 1. The maximum absolute atomic E-state index is 11.5. The zero-order valence-corrected chi connectivity index (χ0v) is 12.4. The van der Waals surface area contributed by atoms with E-state index in [2.05, 4.69) is 10.4 Å². The molecular formula is C15H17ClN4O. The number of fused-ring (bicyclic) bond motifs is 1. The molecule has 5 nitrogen and oxygen atoms in total. The van der Waals surface area contributed by atoms with Gasteiger partial charge in [0.25, 0.3) is 5.91 Å². The van der Waals surface area contributed by atoms with Gasteiger partial charge in [0.2, 0.25) is 0 Å². The molecule has 6 heteroatoms. The molecular weight excluding hydrogens is 288 g/mol. The largest absolute Gasteiger partial charge is 0.364 e. The fourth-order valence-corrected chi connectivity index (χ4v) is 2.81. The molecule has 0 atom stereocenters. The van der Waals surface area contributed by atoms with Crippen molar-refractivity contribution in [3.05, 3.63) is 51.8 Å². The van der Waals surface area contributed by atoms with E-state index in [1.165, 1.54) is 5.56 Å². The lowest BCUT2D eigenvalue weighted by molar-refractivity contribution is 0.0993. The summed E-state index contributed by atoms with van der Waals surface area (Å²) in [5, 5.41) is 8.39. The topological polar surface area (TPSA) is 72.9 Å². The van der Waals surface area contributed by atoms with E-state index in [-0.39, 0.29) is 0 Å². The highest BCUT2D eigenvalue weighted by Gasteiger charge is 2.23. The lowest BCUT2D eigenvalue weighted by Gasteiger charge is -2.15. The average Bonchev–Trinajstić information content (AvgIpc) is 2.86. The highest BCUT2D eigenvalue weighted by atomic mass is 35.5. The van der Waals surface area contributed by atoms with Gasteiger partial charge in [-0.15, -0.1) is 0 Å². The number of nitrogens with zero attached hydrogens (tertiary/aromatic N) is 2. The van der Waals surface area contributed by atoms with Gasteiger partial charge >= 0.3 is 0 Å². The van der Waals surface area contributed by atoms with Crippen molar-refractivity contribution in [2.45, 2.75) is 25.9 Å². The summed E-state index contributed by atoms with van der Waals surface area (Å²) in [5.74, 6) is -0.458. The van der Waals surface area contributed by atoms with E-state index in [1.54, 1.807) is 0 Å². The van der Waals surface area contributed by atoms with Crippen molar-refractivity contribution in [3.8, 4) is 0 Å². The van der Waals surface area contributed by atoms with Gasteiger partial charge in [0, 0.05) is 42.3 Å². The summed E-state index contributed by atoms with van der Waals surface area (Å²) >= 11 is 5.89. The second-order valence-electron chi connectivity index (χ2n) is 5.16. The quantitative estimate of drug-likeness (QED) is 0.899. The summed E-state index contributed by atoms with van der Waals surface area (Å²) in [6.07, 6.45) is 1.72. The van der Waals surface area contributed by atoms with Gasteiger partial charge in [-0.3, -0.25) is 9.48 Å². The zero-order valence-electron chi connectivity index (χ0n) is 11.6. The van der Waals surface area contributed by atoms with Crippen molar-refractivity contribution in [3.63, 3.8) is 0 Å². The lowest BCUT2D eigenvalue weighted by atomic mass is 10.1. The second kappa shape index (κ2) is 5.87. The number of aryl methyl sites for hydroxylation is 2. The van der Waals surface area contributed by atoms with Crippen LogP contribution in [0.1, 0.15) is 27.3 Å². The van der Waals surface area contributed by atoms with Crippen molar-refractivity contribution in [2.24, 2.45) is 5.73 Å². The minimum atomic E-state index is -0.458. The first-order valence-corrected chi connectivity index (χ1v) is 7.36. The summed E-state index contributed by atoms with van der Waals surface area (Å²) in [6.45, 7) is 2.30. The van der Waals surface area contributed by atoms with Crippen LogP contribution in [-0.4, -0.2) is 22.2 Å². The Kier molecular flexibility index (Phi) is 3.94. The molecule has 3 N–H and O–H groups in total. The Morgan fingerprint density at radius 3 is 2.86 bits per heavy atom. The van der Waals surface area contributed by atoms with Gasteiger partial charge in [-0.05, 0) is 24.1 Å². The van der Waals surface area contributed by atoms with Crippen molar-refractivity contribution in [1.29, 1.82) is 0 Å². The van der Waals surface area contributed by atoms with E-state index < -0.39 is 5.91 Å². The second-order valence-corrected chi connectivity index (χ2v) is 5.60. The summed E-state index contributed by atoms with van der Waals surface area (Å²) < 4.78 is 1.92. The molecule has 110 valence electrons. The fraction of sp³-hybridized carbons (Fsp3) is 0.333. The van der Waals surface area contributed by atoms with Gasteiger partial charge in [0.05, 0.1) is 0 Å². The Morgan fingerprint density at radius 1 is 1.38 bits per heavy atom. The molecule has 2 heterocycles. The molecule has 0 saturated heterocycles.